The van der Waals surface area contributed by atoms with E-state index in [1.54, 1.807) is 30.3 Å². The molecule has 0 aliphatic carbocycles. The van der Waals surface area contributed by atoms with E-state index in [9.17, 15) is 19.2 Å². The number of carbonyl (C=O) groups excluding carboxylic acids is 4. The smallest absolute Gasteiger partial charge is 0.259 e. The summed E-state index contributed by atoms with van der Waals surface area (Å²) in [6.07, 6.45) is 13.8. The van der Waals surface area contributed by atoms with E-state index in [1.165, 1.54) is 57.8 Å². The normalized spacial score (nSPS) is 13.2. The van der Waals surface area contributed by atoms with Crippen molar-refractivity contribution in [1.82, 2.24) is 10.6 Å². The summed E-state index contributed by atoms with van der Waals surface area (Å²) in [5.74, 6) is -1.09. The molecule has 2 heterocycles. The Kier molecular flexibility index (Phi) is 14.3. The van der Waals surface area contributed by atoms with Crippen molar-refractivity contribution in [2.24, 2.45) is 0 Å². The van der Waals surface area contributed by atoms with Crippen molar-refractivity contribution in [3.63, 3.8) is 0 Å². The molecule has 36 heavy (non-hydrogen) atoms. The van der Waals surface area contributed by atoms with Gasteiger partial charge in [0.15, 0.2) is 0 Å². The monoisotopic (exact) mass is 579 g/mol. The van der Waals surface area contributed by atoms with Crippen molar-refractivity contribution in [3.05, 3.63) is 70.3 Å². The molecule has 2 aromatic carbocycles. The molecule has 0 aromatic heterocycles. The second-order valence-electron chi connectivity index (χ2n) is 8.93. The molecule has 4 amide bonds. The molecular formula is C28H33BrKN2O4. The van der Waals surface area contributed by atoms with Gasteiger partial charge in [-0.1, -0.05) is 91.6 Å². The van der Waals surface area contributed by atoms with E-state index >= 15 is 0 Å². The van der Waals surface area contributed by atoms with E-state index < -0.39 is 0 Å². The first-order valence-corrected chi connectivity index (χ1v) is 13.6. The Morgan fingerprint density at radius 3 is 1.53 bits per heavy atom. The number of hydrogen-bond donors (Lipinski definition) is 2. The third-order valence-corrected chi connectivity index (χ3v) is 6.88. The number of benzene rings is 2. The second kappa shape index (κ2) is 16.6. The minimum absolute atomic E-state index is 0. The van der Waals surface area contributed by atoms with Crippen LogP contribution in [0.4, 0.5) is 0 Å². The number of amides is 4. The van der Waals surface area contributed by atoms with Gasteiger partial charge in [-0.2, -0.15) is 0 Å². The van der Waals surface area contributed by atoms with Crippen LogP contribution in [0.5, 0.6) is 0 Å². The van der Waals surface area contributed by atoms with Gasteiger partial charge in [-0.15, -0.1) is 0 Å². The van der Waals surface area contributed by atoms with Gasteiger partial charge in [0, 0.05) is 56.7 Å². The van der Waals surface area contributed by atoms with E-state index in [0.717, 1.165) is 23.7 Å². The van der Waals surface area contributed by atoms with Crippen LogP contribution in [0, 0.1) is 0 Å². The molecule has 2 N–H and O–H groups in total. The van der Waals surface area contributed by atoms with Crippen molar-refractivity contribution >= 4 is 90.9 Å². The predicted octanol–water partition coefficient (Wildman–Crippen LogP) is 5.60. The molecule has 6 nitrogen and oxygen atoms in total. The number of rotatable bonds is 12. The third kappa shape index (κ3) is 8.99. The molecule has 0 bridgehead atoms. The first-order chi connectivity index (χ1) is 17.0. The fraction of sp³-hybridized carbons (Fsp3) is 0.429. The van der Waals surface area contributed by atoms with Gasteiger partial charge in [0.2, 0.25) is 0 Å². The van der Waals surface area contributed by atoms with Crippen molar-refractivity contribution in [2.45, 2.75) is 70.6 Å². The van der Waals surface area contributed by atoms with Crippen LogP contribution in [-0.4, -0.2) is 80.3 Å². The molecule has 2 aromatic rings. The standard InChI is InChI=1S/C20H28BrNO2.C8H5NO2.K/c21-15-10-8-6-4-2-1-3-5-7-9-12-16-13-11-14-17-18(16)20(24)22-19(17)23;10-7-5-3-1-2-4-6(5)8(11)9-7;/h11,13-14H,1-10,12,15H2,(H,22,23,24);1-4H,(H,9,10,11);. The molecule has 0 fully saturated rings. The van der Waals surface area contributed by atoms with Gasteiger partial charge < -0.3 is 0 Å². The van der Waals surface area contributed by atoms with Gasteiger partial charge in [-0.25, -0.2) is 0 Å². The van der Waals surface area contributed by atoms with E-state index in [4.69, 9.17) is 0 Å². The molecule has 0 atom stereocenters. The Morgan fingerprint density at radius 2 is 0.972 bits per heavy atom. The zero-order valence-electron chi connectivity index (χ0n) is 21.0. The number of imide groups is 2. The summed E-state index contributed by atoms with van der Waals surface area (Å²) in [6, 6.07) is 12.3. The van der Waals surface area contributed by atoms with Gasteiger partial charge in [-0.05, 0) is 43.0 Å². The fourth-order valence-corrected chi connectivity index (χ4v) is 4.84. The number of hydrogen-bond acceptors (Lipinski definition) is 4. The van der Waals surface area contributed by atoms with Crippen LogP contribution >= 0.6 is 15.9 Å². The van der Waals surface area contributed by atoms with Gasteiger partial charge >= 0.3 is 0 Å². The molecule has 2 aliphatic rings. The molecule has 0 saturated heterocycles. The van der Waals surface area contributed by atoms with Crippen LogP contribution in [0.15, 0.2) is 42.5 Å². The Hall–Kier alpha value is -1.16. The van der Waals surface area contributed by atoms with Gasteiger partial charge in [0.05, 0.1) is 22.3 Å². The van der Waals surface area contributed by atoms with Crippen molar-refractivity contribution in [3.8, 4) is 0 Å². The quantitative estimate of drug-likeness (QED) is 0.148. The number of alkyl halides is 1. The molecule has 8 heteroatoms. The molecule has 4 rings (SSSR count). The van der Waals surface area contributed by atoms with Crippen LogP contribution in [-0.2, 0) is 6.42 Å². The maximum absolute atomic E-state index is 11.9. The minimum atomic E-state index is -0.300. The number of aryl methyl sites for hydroxylation is 1. The van der Waals surface area contributed by atoms with Crippen molar-refractivity contribution < 1.29 is 19.2 Å². The van der Waals surface area contributed by atoms with Gasteiger partial charge in [0.1, 0.15) is 0 Å². The predicted molar refractivity (Wildman–Crippen MR) is 146 cm³/mol. The van der Waals surface area contributed by atoms with E-state index in [-0.39, 0.29) is 75.0 Å². The van der Waals surface area contributed by atoms with Crippen LogP contribution in [0.1, 0.15) is 111 Å². The fourth-order valence-electron chi connectivity index (χ4n) is 4.44. The van der Waals surface area contributed by atoms with Crippen LogP contribution in [0.2, 0.25) is 0 Å². The Morgan fingerprint density at radius 1 is 0.528 bits per heavy atom. The average molecular weight is 581 g/mol. The number of fused-ring (bicyclic) bond motifs is 2. The summed E-state index contributed by atoms with van der Waals surface area (Å²) in [6.45, 7) is 0. The van der Waals surface area contributed by atoms with Crippen molar-refractivity contribution in [1.29, 1.82) is 0 Å². The van der Waals surface area contributed by atoms with Crippen LogP contribution in [0.25, 0.3) is 0 Å². The molecule has 0 saturated carbocycles. The maximum Gasteiger partial charge on any atom is 0.259 e. The zero-order chi connectivity index (χ0) is 25.0. The largest absolute Gasteiger partial charge is 0.288 e. The summed E-state index contributed by atoms with van der Waals surface area (Å²) < 4.78 is 0. The molecule has 187 valence electrons. The Bertz CT molecular complexity index is 1040. The van der Waals surface area contributed by atoms with E-state index in [0.29, 0.717) is 22.3 Å². The molecular weight excluding hydrogens is 547 g/mol. The first kappa shape index (κ1) is 31.1. The number of halogens is 1. The maximum atomic E-state index is 11.9. The first-order valence-electron chi connectivity index (χ1n) is 12.5. The van der Waals surface area contributed by atoms with Crippen molar-refractivity contribution in [2.75, 3.05) is 5.33 Å². The molecule has 0 spiro atoms. The number of carbonyl (C=O) groups is 4. The average Bonchev–Trinajstić information content (AvgIpc) is 3.32. The SMILES string of the molecule is O=C1NC(=O)c2c(CCCCCCCCCCCCBr)cccc21.O=C1NC(=O)c2ccccc21.[K]. The molecule has 0 unspecified atom stereocenters. The Balaban J connectivity index is 0.000000316. The number of nitrogens with one attached hydrogen (secondary N) is 2. The summed E-state index contributed by atoms with van der Waals surface area (Å²) in [4.78, 5) is 45.4. The zero-order valence-corrected chi connectivity index (χ0v) is 25.7. The summed E-state index contributed by atoms with van der Waals surface area (Å²) >= 11 is 3.47. The summed E-state index contributed by atoms with van der Waals surface area (Å²) in [5.41, 5.74) is 3.10. The summed E-state index contributed by atoms with van der Waals surface area (Å²) in [7, 11) is 0. The number of unbranched alkanes of at least 4 members (excludes halogenated alkanes) is 9. The second-order valence-corrected chi connectivity index (χ2v) is 9.72. The minimum Gasteiger partial charge on any atom is -0.288 e. The Labute approximate surface area is 264 Å². The topological polar surface area (TPSA) is 92.3 Å². The molecule has 2 aliphatic heterocycles. The summed E-state index contributed by atoms with van der Waals surface area (Å²) in [5, 5.41) is 5.72. The van der Waals surface area contributed by atoms with Gasteiger partial charge in [0.25, 0.3) is 23.6 Å². The van der Waals surface area contributed by atoms with Crippen LogP contribution < -0.4 is 10.6 Å². The van der Waals surface area contributed by atoms with E-state index in [2.05, 4.69) is 26.6 Å². The van der Waals surface area contributed by atoms with Crippen LogP contribution in [0.3, 0.4) is 0 Å². The van der Waals surface area contributed by atoms with Gasteiger partial charge in [-0.3, -0.25) is 29.8 Å². The third-order valence-electron chi connectivity index (χ3n) is 6.32. The molecule has 1 radical (unpaired) electrons. The van der Waals surface area contributed by atoms with E-state index in [1.807, 2.05) is 12.1 Å².